The number of phenols is 1. The summed E-state index contributed by atoms with van der Waals surface area (Å²) in [4.78, 5) is 14.3. The maximum atomic E-state index is 12.6. The van der Waals surface area contributed by atoms with Crippen LogP contribution in [0.5, 0.6) is 5.75 Å². The van der Waals surface area contributed by atoms with Crippen molar-refractivity contribution in [2.45, 2.75) is 20.8 Å². The van der Waals surface area contributed by atoms with Gasteiger partial charge in [0.2, 0.25) is 0 Å². The van der Waals surface area contributed by atoms with E-state index in [-0.39, 0.29) is 11.7 Å². The van der Waals surface area contributed by atoms with E-state index in [4.69, 9.17) is 0 Å². The maximum absolute atomic E-state index is 12.6. The highest BCUT2D eigenvalue weighted by molar-refractivity contribution is 6.06. The largest absolute Gasteiger partial charge is 0.508 e. The van der Waals surface area contributed by atoms with Gasteiger partial charge >= 0.3 is 0 Å². The highest BCUT2D eigenvalue weighted by Gasteiger charge is 2.16. The number of rotatable bonds is 3. The van der Waals surface area contributed by atoms with Crippen molar-refractivity contribution >= 4 is 11.6 Å². The number of amides is 1. The zero-order valence-corrected chi connectivity index (χ0v) is 12.1. The smallest absolute Gasteiger partial charge is 0.258 e. The Labute approximate surface area is 119 Å². The van der Waals surface area contributed by atoms with E-state index in [0.29, 0.717) is 17.8 Å². The average molecular weight is 269 g/mol. The molecule has 0 aliphatic carbocycles. The monoisotopic (exact) mass is 269 g/mol. The summed E-state index contributed by atoms with van der Waals surface area (Å²) >= 11 is 0. The Balaban J connectivity index is 2.36. The lowest BCUT2D eigenvalue weighted by atomic mass is 10.1. The minimum atomic E-state index is -0.0544. The number of carbonyl (C=O) groups excluding carboxylic acids is 1. The van der Waals surface area contributed by atoms with Crippen molar-refractivity contribution in [3.63, 3.8) is 0 Å². The van der Waals surface area contributed by atoms with E-state index in [2.05, 4.69) is 0 Å². The van der Waals surface area contributed by atoms with Crippen molar-refractivity contribution in [3.05, 3.63) is 59.2 Å². The summed E-state index contributed by atoms with van der Waals surface area (Å²) in [5, 5.41) is 9.55. The number of carbonyl (C=O) groups is 1. The number of nitrogens with zero attached hydrogens (tertiary/aromatic N) is 1. The standard InChI is InChI=1S/C17H19NO2/c1-4-18(15-6-5-7-16(19)11-15)17(20)14-9-8-12(2)13(3)10-14/h5-11,19H,4H2,1-3H3. The molecular weight excluding hydrogens is 250 g/mol. The van der Waals surface area contributed by atoms with Gasteiger partial charge in [-0.1, -0.05) is 12.1 Å². The van der Waals surface area contributed by atoms with Crippen molar-refractivity contribution in [1.29, 1.82) is 0 Å². The first-order chi connectivity index (χ1) is 9.52. The first-order valence-corrected chi connectivity index (χ1v) is 6.71. The Kier molecular flexibility index (Phi) is 4.08. The Morgan fingerprint density at radius 3 is 2.45 bits per heavy atom. The summed E-state index contributed by atoms with van der Waals surface area (Å²) in [6, 6.07) is 12.5. The minimum absolute atomic E-state index is 0.0544. The zero-order chi connectivity index (χ0) is 14.7. The predicted octanol–water partition coefficient (Wildman–Crippen LogP) is 3.68. The Morgan fingerprint density at radius 2 is 1.85 bits per heavy atom. The van der Waals surface area contributed by atoms with E-state index in [1.807, 2.05) is 45.0 Å². The van der Waals surface area contributed by atoms with Gasteiger partial charge in [-0.25, -0.2) is 0 Å². The third kappa shape index (κ3) is 2.82. The number of aryl methyl sites for hydroxylation is 2. The van der Waals surface area contributed by atoms with E-state index in [1.54, 1.807) is 23.1 Å². The SMILES string of the molecule is CCN(C(=O)c1ccc(C)c(C)c1)c1cccc(O)c1. The molecule has 0 saturated heterocycles. The van der Waals surface area contributed by atoms with Gasteiger partial charge in [0.1, 0.15) is 5.75 Å². The van der Waals surface area contributed by atoms with Crippen LogP contribution in [0.4, 0.5) is 5.69 Å². The molecule has 0 aliphatic heterocycles. The molecule has 104 valence electrons. The van der Waals surface area contributed by atoms with Crippen LogP contribution in [0.2, 0.25) is 0 Å². The van der Waals surface area contributed by atoms with E-state index in [1.165, 1.54) is 5.56 Å². The van der Waals surface area contributed by atoms with Crippen LogP contribution in [-0.4, -0.2) is 17.6 Å². The molecule has 2 aromatic rings. The molecule has 0 saturated carbocycles. The molecule has 20 heavy (non-hydrogen) atoms. The zero-order valence-electron chi connectivity index (χ0n) is 12.1. The molecule has 0 spiro atoms. The van der Waals surface area contributed by atoms with Crippen LogP contribution < -0.4 is 4.90 Å². The van der Waals surface area contributed by atoms with Crippen LogP contribution in [0, 0.1) is 13.8 Å². The summed E-state index contributed by atoms with van der Waals surface area (Å²) in [5.41, 5.74) is 3.64. The number of hydrogen-bond acceptors (Lipinski definition) is 2. The molecule has 0 unspecified atom stereocenters. The van der Waals surface area contributed by atoms with Gasteiger partial charge in [-0.05, 0) is 56.2 Å². The molecule has 0 aliphatic rings. The molecule has 3 heteroatoms. The third-order valence-corrected chi connectivity index (χ3v) is 3.46. The van der Waals surface area contributed by atoms with Gasteiger partial charge in [0.25, 0.3) is 5.91 Å². The summed E-state index contributed by atoms with van der Waals surface area (Å²) in [6.45, 7) is 6.49. The van der Waals surface area contributed by atoms with Crippen LogP contribution in [0.25, 0.3) is 0 Å². The Hall–Kier alpha value is -2.29. The van der Waals surface area contributed by atoms with Gasteiger partial charge < -0.3 is 10.0 Å². The van der Waals surface area contributed by atoms with E-state index >= 15 is 0 Å². The lowest BCUT2D eigenvalue weighted by molar-refractivity contribution is 0.0988. The van der Waals surface area contributed by atoms with E-state index in [0.717, 1.165) is 5.56 Å². The van der Waals surface area contributed by atoms with Crippen molar-refractivity contribution in [2.24, 2.45) is 0 Å². The average Bonchev–Trinajstić information content (AvgIpc) is 2.42. The normalized spacial score (nSPS) is 10.3. The minimum Gasteiger partial charge on any atom is -0.508 e. The molecule has 3 nitrogen and oxygen atoms in total. The van der Waals surface area contributed by atoms with E-state index in [9.17, 15) is 9.90 Å². The second kappa shape index (κ2) is 5.78. The number of hydrogen-bond donors (Lipinski definition) is 1. The molecule has 0 bridgehead atoms. The van der Waals surface area contributed by atoms with Gasteiger partial charge in [-0.3, -0.25) is 4.79 Å². The lowest BCUT2D eigenvalue weighted by Crippen LogP contribution is -2.30. The summed E-state index contributed by atoms with van der Waals surface area (Å²) < 4.78 is 0. The highest BCUT2D eigenvalue weighted by Crippen LogP contribution is 2.22. The number of benzene rings is 2. The molecule has 2 rings (SSSR count). The Bertz CT molecular complexity index is 635. The topological polar surface area (TPSA) is 40.5 Å². The fourth-order valence-electron chi connectivity index (χ4n) is 2.13. The number of anilines is 1. The van der Waals surface area contributed by atoms with Crippen LogP contribution in [0.15, 0.2) is 42.5 Å². The molecule has 0 atom stereocenters. The third-order valence-electron chi connectivity index (χ3n) is 3.46. The molecule has 1 amide bonds. The quantitative estimate of drug-likeness (QED) is 0.923. The molecule has 0 heterocycles. The Morgan fingerprint density at radius 1 is 1.10 bits per heavy atom. The fraction of sp³-hybridized carbons (Fsp3) is 0.235. The summed E-state index contributed by atoms with van der Waals surface area (Å²) in [7, 11) is 0. The molecule has 0 radical (unpaired) electrons. The molecule has 1 N–H and O–H groups in total. The van der Waals surface area contributed by atoms with Crippen LogP contribution in [-0.2, 0) is 0 Å². The van der Waals surface area contributed by atoms with Crippen molar-refractivity contribution in [3.8, 4) is 5.75 Å². The van der Waals surface area contributed by atoms with Crippen LogP contribution in [0.3, 0.4) is 0 Å². The second-order valence-corrected chi connectivity index (χ2v) is 4.87. The molecule has 0 fully saturated rings. The molecule has 0 aromatic heterocycles. The first-order valence-electron chi connectivity index (χ1n) is 6.71. The van der Waals surface area contributed by atoms with Gasteiger partial charge in [0.15, 0.2) is 0 Å². The van der Waals surface area contributed by atoms with Gasteiger partial charge in [0.05, 0.1) is 0 Å². The van der Waals surface area contributed by atoms with Gasteiger partial charge in [-0.2, -0.15) is 0 Å². The van der Waals surface area contributed by atoms with Gasteiger partial charge in [-0.15, -0.1) is 0 Å². The molecular formula is C17H19NO2. The van der Waals surface area contributed by atoms with Crippen molar-refractivity contribution in [1.82, 2.24) is 0 Å². The summed E-state index contributed by atoms with van der Waals surface area (Å²) in [5.74, 6) is 0.107. The number of aromatic hydroxyl groups is 1. The van der Waals surface area contributed by atoms with Crippen LogP contribution >= 0.6 is 0 Å². The van der Waals surface area contributed by atoms with Crippen LogP contribution in [0.1, 0.15) is 28.4 Å². The first kappa shape index (κ1) is 14.1. The van der Waals surface area contributed by atoms with Crippen molar-refractivity contribution < 1.29 is 9.90 Å². The second-order valence-electron chi connectivity index (χ2n) is 4.87. The molecule has 2 aromatic carbocycles. The fourth-order valence-corrected chi connectivity index (χ4v) is 2.13. The van der Waals surface area contributed by atoms with E-state index < -0.39 is 0 Å². The highest BCUT2D eigenvalue weighted by atomic mass is 16.3. The maximum Gasteiger partial charge on any atom is 0.258 e. The number of phenolic OH excluding ortho intramolecular Hbond substituents is 1. The van der Waals surface area contributed by atoms with Gasteiger partial charge in [0, 0.05) is 23.9 Å². The predicted molar refractivity (Wildman–Crippen MR) is 81.4 cm³/mol. The van der Waals surface area contributed by atoms with Crippen molar-refractivity contribution in [2.75, 3.05) is 11.4 Å². The summed E-state index contributed by atoms with van der Waals surface area (Å²) in [6.07, 6.45) is 0. The lowest BCUT2D eigenvalue weighted by Gasteiger charge is -2.21.